The molecule has 3 nitrogen and oxygen atoms in total. The van der Waals surface area contributed by atoms with Crippen molar-refractivity contribution < 1.29 is 39.7 Å². The van der Waals surface area contributed by atoms with Crippen molar-refractivity contribution in [1.29, 1.82) is 0 Å². The molecule has 0 aliphatic carbocycles. The first-order valence-electron chi connectivity index (χ1n) is 12.2. The smallest absolute Gasteiger partial charge is 0.407 e. The summed E-state index contributed by atoms with van der Waals surface area (Å²) in [6.07, 6.45) is 11.5. The minimum atomic E-state index is -0.362. The van der Waals surface area contributed by atoms with Gasteiger partial charge in [-0.3, -0.25) is 0 Å². The van der Waals surface area contributed by atoms with E-state index in [0.717, 1.165) is 42.3 Å². The molecule has 4 heteroatoms. The number of rotatable bonds is 5. The number of aryl methyl sites for hydroxylation is 2. The number of hydrogen-bond acceptors (Lipinski definition) is 3. The maximum Gasteiger partial charge on any atom is 0.494 e. The Morgan fingerprint density at radius 1 is 0.789 bits per heavy atom. The second-order valence-electron chi connectivity index (χ2n) is 7.77. The molecule has 1 aromatic carbocycles. The molecule has 1 aliphatic heterocycles. The largest absolute Gasteiger partial charge is 0.494 e. The van der Waals surface area contributed by atoms with Crippen molar-refractivity contribution in [3.63, 3.8) is 0 Å². The quantitative estimate of drug-likeness (QED) is 0.292. The van der Waals surface area contributed by atoms with Gasteiger partial charge in [0, 0.05) is 85.3 Å². The van der Waals surface area contributed by atoms with E-state index >= 15 is 0 Å². The van der Waals surface area contributed by atoms with Gasteiger partial charge in [-0.05, 0) is 109 Å². The fourth-order valence-corrected chi connectivity index (χ4v) is 3.54. The van der Waals surface area contributed by atoms with Crippen LogP contribution in [0.3, 0.4) is 0 Å². The van der Waals surface area contributed by atoms with Crippen LogP contribution in [-0.4, -0.2) is 19.3 Å². The van der Waals surface area contributed by atoms with E-state index in [-0.39, 0.29) is 45.0 Å². The first-order valence-corrected chi connectivity index (χ1v) is 12.2. The minimum absolute atomic E-state index is 0. The molecular weight excluding hydrogens is 467 g/mol. The number of benzene rings is 1. The van der Waals surface area contributed by atoms with E-state index in [4.69, 9.17) is 20.5 Å². The summed E-state index contributed by atoms with van der Waals surface area (Å²) in [4.78, 5) is 0. The highest BCUT2D eigenvalue weighted by molar-refractivity contribution is 6.62. The summed E-state index contributed by atoms with van der Waals surface area (Å²) in [5.74, 6) is 40.7. The highest BCUT2D eigenvalue weighted by Gasteiger charge is 2.35. The molecule has 0 amide bonds. The zero-order valence-electron chi connectivity index (χ0n) is 22.0. The third-order valence-electron chi connectivity index (χ3n) is 5.21. The molecule has 2 rings (SSSR count). The Labute approximate surface area is 255 Å². The summed E-state index contributed by atoms with van der Waals surface area (Å²) >= 11 is 0. The molecule has 1 saturated heterocycles. The number of terminal acetylenes is 1. The van der Waals surface area contributed by atoms with Gasteiger partial charge in [0.1, 0.15) is 11.9 Å². The third kappa shape index (κ3) is 10.3. The van der Waals surface area contributed by atoms with Gasteiger partial charge in [-0.15, -0.1) is 6.42 Å². The lowest BCUT2D eigenvalue weighted by Crippen LogP contribution is -2.50. The van der Waals surface area contributed by atoms with Crippen molar-refractivity contribution in [3.05, 3.63) is 23.3 Å². The Kier molecular flexibility index (Phi) is 13.5. The van der Waals surface area contributed by atoms with Gasteiger partial charge in [0.25, 0.3) is 0 Å². The first-order chi connectivity index (χ1) is 18.6. The summed E-state index contributed by atoms with van der Waals surface area (Å²) in [7, 11) is -0.362. The zero-order valence-corrected chi connectivity index (χ0v) is 22.0. The molecule has 2 atom stereocenters. The fourth-order valence-electron chi connectivity index (χ4n) is 3.54. The molecule has 0 saturated carbocycles. The average molecular weight is 529 g/mol. The van der Waals surface area contributed by atoms with Gasteiger partial charge in [-0.1, -0.05) is 20.8 Å². The maximum atomic E-state index is 6.26. The van der Waals surface area contributed by atoms with Crippen LogP contribution in [0.1, 0.15) is 77.3 Å². The maximum absolute atomic E-state index is 6.26. The SMILES string of the molecule is C#CC#CC#CC#CC#CC#CC#CC#CC#COc1cc(CC)c(B2OC(C)CC(CC)O2)c(CC)c1.[HH].[HH].[HH].[HH].[HH].[HH].[HH].[HH].[HH].[HH].[HH].[HH].[HH].[HH].[HH].[HH].[HH].[HH]. The average Bonchev–Trinajstić information content (AvgIpc) is 2.93. The first kappa shape index (κ1) is 29.3. The molecule has 1 fully saturated rings. The molecule has 0 N–H and O–H groups in total. The molecule has 38 heavy (non-hydrogen) atoms. The minimum Gasteiger partial charge on any atom is -0.407 e. The van der Waals surface area contributed by atoms with Gasteiger partial charge >= 0.3 is 7.12 Å². The van der Waals surface area contributed by atoms with Gasteiger partial charge < -0.3 is 14.0 Å². The summed E-state index contributed by atoms with van der Waals surface area (Å²) < 4.78 is 18.1. The lowest BCUT2D eigenvalue weighted by Gasteiger charge is -2.33. The molecule has 1 aliphatic rings. The van der Waals surface area contributed by atoms with Gasteiger partial charge in [0.05, 0.1) is 0 Å². The molecular formula is C34H61BO3. The molecule has 0 aromatic heterocycles. The van der Waals surface area contributed by atoms with Crippen LogP contribution in [0.4, 0.5) is 0 Å². The lowest BCUT2D eigenvalue weighted by molar-refractivity contribution is 0.0294. The van der Waals surface area contributed by atoms with Crippen molar-refractivity contribution in [2.75, 3.05) is 0 Å². The summed E-state index contributed by atoms with van der Waals surface area (Å²) in [6, 6.07) is 3.98. The topological polar surface area (TPSA) is 27.7 Å². The van der Waals surface area contributed by atoms with Crippen molar-refractivity contribution in [2.24, 2.45) is 0 Å². The highest BCUT2D eigenvalue weighted by atomic mass is 16.6. The number of ether oxygens (including phenoxy) is 1. The van der Waals surface area contributed by atoms with Gasteiger partial charge in [0.15, 0.2) is 0 Å². The molecule has 1 heterocycles. The third-order valence-corrected chi connectivity index (χ3v) is 5.21. The molecule has 218 valence electrons. The Morgan fingerprint density at radius 3 is 1.71 bits per heavy atom. The van der Waals surface area contributed by atoms with Crippen LogP contribution in [0.25, 0.3) is 0 Å². The van der Waals surface area contributed by atoms with Gasteiger partial charge in [-0.2, -0.15) is 0 Å². The summed E-state index contributed by atoms with van der Waals surface area (Å²) in [6.45, 7) is 8.46. The van der Waals surface area contributed by atoms with E-state index in [2.05, 4.69) is 129 Å². The van der Waals surface area contributed by atoms with Crippen LogP contribution in [0, 0.1) is 107 Å². The van der Waals surface area contributed by atoms with E-state index in [1.54, 1.807) is 0 Å². The monoisotopic (exact) mass is 528 g/mol. The van der Waals surface area contributed by atoms with E-state index < -0.39 is 0 Å². The van der Waals surface area contributed by atoms with E-state index in [0.29, 0.717) is 5.75 Å². The van der Waals surface area contributed by atoms with Crippen molar-refractivity contribution in [1.82, 2.24) is 0 Å². The van der Waals surface area contributed by atoms with Gasteiger partial charge in [0.2, 0.25) is 0 Å². The molecule has 2 unspecified atom stereocenters. The van der Waals surface area contributed by atoms with Crippen LogP contribution in [0.15, 0.2) is 12.1 Å². The van der Waals surface area contributed by atoms with E-state index in [1.807, 2.05) is 12.1 Å². The summed E-state index contributed by atoms with van der Waals surface area (Å²) in [5, 5.41) is 0. The van der Waals surface area contributed by atoms with Crippen LogP contribution in [0.5, 0.6) is 5.75 Å². The highest BCUT2D eigenvalue weighted by Crippen LogP contribution is 2.23. The van der Waals surface area contributed by atoms with Crippen molar-refractivity contribution in [3.8, 4) is 113 Å². The Balaban J connectivity index is -0.0000000563. The molecule has 0 radical (unpaired) electrons. The van der Waals surface area contributed by atoms with Crippen LogP contribution >= 0.6 is 0 Å². The summed E-state index contributed by atoms with van der Waals surface area (Å²) in [5.41, 5.74) is 3.36. The van der Waals surface area contributed by atoms with Crippen LogP contribution < -0.4 is 10.2 Å². The molecule has 0 bridgehead atoms. The lowest BCUT2D eigenvalue weighted by atomic mass is 9.70. The Morgan fingerprint density at radius 2 is 1.26 bits per heavy atom. The Bertz CT molecular complexity index is 1590. The van der Waals surface area contributed by atoms with Crippen molar-refractivity contribution >= 4 is 12.6 Å². The molecule has 1 aromatic rings. The zero-order chi connectivity index (χ0) is 27.4. The van der Waals surface area contributed by atoms with Crippen LogP contribution in [0.2, 0.25) is 0 Å². The standard InChI is InChI=1S/C34H25BO3.18H2/c1-6-10-11-12-13-14-15-16-17-18-19-20-21-22-23-24-25-36-33-27-30(7-2)34(31(8-3)28-33)35-37-29(5)26-32(9-4)38-35;;;;;;;;;;;;;;;;;;/h1,27-29,32H,7-9,26H2,2-5H3;18*1H. The Hall–Kier alpha value is -4.96. The number of hydrogen-bond donors (Lipinski definition) is 0. The second kappa shape index (κ2) is 17.5. The fraction of sp³-hybridized carbons (Fsp3) is 0.294. The normalized spacial score (nSPS) is 14.1. The predicted molar refractivity (Wildman–Crippen MR) is 191 cm³/mol. The van der Waals surface area contributed by atoms with Gasteiger partial charge in [-0.25, -0.2) is 0 Å². The van der Waals surface area contributed by atoms with Crippen molar-refractivity contribution in [2.45, 2.75) is 65.6 Å². The van der Waals surface area contributed by atoms with Crippen LogP contribution in [-0.2, 0) is 22.2 Å². The second-order valence-corrected chi connectivity index (χ2v) is 7.77. The predicted octanol–water partition coefficient (Wildman–Crippen LogP) is 7.54. The van der Waals surface area contributed by atoms with E-state index in [1.165, 1.54) is 0 Å². The molecule has 0 spiro atoms. The van der Waals surface area contributed by atoms with E-state index in [9.17, 15) is 0 Å².